The second kappa shape index (κ2) is 6.44. The number of hydrogen-bond donors (Lipinski definition) is 0. The highest BCUT2D eigenvalue weighted by Crippen LogP contribution is 2.25. The average molecular weight is 283 g/mol. The predicted octanol–water partition coefficient (Wildman–Crippen LogP) is 3.29. The summed E-state index contributed by atoms with van der Waals surface area (Å²) in [4.78, 5) is 13.7. The smallest absolute Gasteiger partial charge is 0.132 e. The van der Waals surface area contributed by atoms with E-state index in [0.717, 1.165) is 23.3 Å². The molecule has 0 bridgehead atoms. The van der Waals surface area contributed by atoms with E-state index in [0.29, 0.717) is 6.54 Å². The number of methoxy groups -OCH3 is 1. The summed E-state index contributed by atoms with van der Waals surface area (Å²) < 4.78 is 5.17. The Kier molecular flexibility index (Phi) is 4.63. The van der Waals surface area contributed by atoms with Crippen molar-refractivity contribution in [3.63, 3.8) is 0 Å². The van der Waals surface area contributed by atoms with Gasteiger partial charge < -0.3 is 14.4 Å². The molecule has 0 heterocycles. The van der Waals surface area contributed by atoms with Crippen LogP contribution in [0.1, 0.15) is 12.5 Å². The van der Waals surface area contributed by atoms with Crippen molar-refractivity contribution in [3.05, 3.63) is 60.2 Å². The normalized spacial score (nSPS) is 13.3. The number of hydrogen-bond acceptors (Lipinski definition) is 3. The van der Waals surface area contributed by atoms with Crippen LogP contribution in [-0.2, 0) is 10.2 Å². The van der Waals surface area contributed by atoms with Crippen molar-refractivity contribution < 1.29 is 9.53 Å². The molecule has 1 unspecified atom stereocenters. The SMILES string of the molecule is COc1ccc(N(C)CC(C)(C=O)c2ccccc2)cc1. The van der Waals surface area contributed by atoms with E-state index in [1.807, 2.05) is 68.6 Å². The summed E-state index contributed by atoms with van der Waals surface area (Å²) in [6.45, 7) is 2.59. The number of carbonyl (C=O) groups excluding carboxylic acids is 1. The molecule has 0 saturated heterocycles. The van der Waals surface area contributed by atoms with E-state index in [2.05, 4.69) is 4.90 Å². The van der Waals surface area contributed by atoms with Gasteiger partial charge in [0.05, 0.1) is 12.5 Å². The lowest BCUT2D eigenvalue weighted by molar-refractivity contribution is -0.111. The van der Waals surface area contributed by atoms with E-state index in [1.165, 1.54) is 0 Å². The maximum atomic E-state index is 11.6. The Bertz CT molecular complexity index is 580. The van der Waals surface area contributed by atoms with Crippen LogP contribution in [0.3, 0.4) is 0 Å². The summed E-state index contributed by atoms with van der Waals surface area (Å²) >= 11 is 0. The predicted molar refractivity (Wildman–Crippen MR) is 86.1 cm³/mol. The number of anilines is 1. The van der Waals surface area contributed by atoms with Crippen molar-refractivity contribution in [2.45, 2.75) is 12.3 Å². The number of carbonyl (C=O) groups is 1. The van der Waals surface area contributed by atoms with Crippen LogP contribution in [-0.4, -0.2) is 27.0 Å². The van der Waals surface area contributed by atoms with Gasteiger partial charge in [-0.1, -0.05) is 30.3 Å². The van der Waals surface area contributed by atoms with Crippen molar-refractivity contribution in [1.29, 1.82) is 0 Å². The lowest BCUT2D eigenvalue weighted by Crippen LogP contribution is -2.38. The Hall–Kier alpha value is -2.29. The van der Waals surface area contributed by atoms with Crippen molar-refractivity contribution in [2.24, 2.45) is 0 Å². The molecule has 2 aromatic rings. The molecule has 0 aromatic heterocycles. The number of likely N-dealkylation sites (N-methyl/N-ethyl adjacent to an activating group) is 1. The van der Waals surface area contributed by atoms with E-state index < -0.39 is 5.41 Å². The Balaban J connectivity index is 2.19. The van der Waals surface area contributed by atoms with Gasteiger partial charge in [0.1, 0.15) is 12.0 Å². The van der Waals surface area contributed by atoms with Crippen LogP contribution in [0.2, 0.25) is 0 Å². The highest BCUT2D eigenvalue weighted by atomic mass is 16.5. The van der Waals surface area contributed by atoms with Crippen LogP contribution in [0.15, 0.2) is 54.6 Å². The number of aldehydes is 1. The number of rotatable bonds is 6. The highest BCUT2D eigenvalue weighted by molar-refractivity contribution is 5.69. The van der Waals surface area contributed by atoms with Gasteiger partial charge in [0.25, 0.3) is 0 Å². The first-order chi connectivity index (χ1) is 10.1. The van der Waals surface area contributed by atoms with Gasteiger partial charge in [-0.25, -0.2) is 0 Å². The molecule has 0 spiro atoms. The number of ether oxygens (including phenoxy) is 1. The zero-order valence-corrected chi connectivity index (χ0v) is 12.7. The second-order valence-corrected chi connectivity index (χ2v) is 5.46. The van der Waals surface area contributed by atoms with Crippen LogP contribution in [0.25, 0.3) is 0 Å². The van der Waals surface area contributed by atoms with Crippen LogP contribution in [0.5, 0.6) is 5.75 Å². The molecular weight excluding hydrogens is 262 g/mol. The monoisotopic (exact) mass is 283 g/mol. The molecule has 0 aliphatic heterocycles. The third kappa shape index (κ3) is 3.43. The number of benzene rings is 2. The van der Waals surface area contributed by atoms with Crippen molar-refractivity contribution >= 4 is 12.0 Å². The number of nitrogens with zero attached hydrogens (tertiary/aromatic N) is 1. The van der Waals surface area contributed by atoms with Gasteiger partial charge in [-0.05, 0) is 36.8 Å². The first-order valence-electron chi connectivity index (χ1n) is 6.96. The van der Waals surface area contributed by atoms with Gasteiger partial charge in [0, 0.05) is 19.3 Å². The summed E-state index contributed by atoms with van der Waals surface area (Å²) in [6.07, 6.45) is 1.03. The molecule has 3 nitrogen and oxygen atoms in total. The van der Waals surface area contributed by atoms with Gasteiger partial charge in [0.15, 0.2) is 0 Å². The molecule has 0 fully saturated rings. The molecule has 3 heteroatoms. The molecule has 2 rings (SSSR count). The Morgan fingerprint density at radius 1 is 1.10 bits per heavy atom. The summed E-state index contributed by atoms with van der Waals surface area (Å²) in [6, 6.07) is 17.7. The highest BCUT2D eigenvalue weighted by Gasteiger charge is 2.27. The van der Waals surface area contributed by atoms with E-state index >= 15 is 0 Å². The largest absolute Gasteiger partial charge is 0.497 e. The molecule has 1 atom stereocenters. The summed E-state index contributed by atoms with van der Waals surface area (Å²) in [5, 5.41) is 0. The van der Waals surface area contributed by atoms with Gasteiger partial charge in [-0.15, -0.1) is 0 Å². The van der Waals surface area contributed by atoms with E-state index in [1.54, 1.807) is 7.11 Å². The molecule has 2 aromatic carbocycles. The molecule has 0 aliphatic rings. The van der Waals surface area contributed by atoms with Gasteiger partial charge in [0.2, 0.25) is 0 Å². The third-order valence-corrected chi connectivity index (χ3v) is 3.77. The van der Waals surface area contributed by atoms with Crippen LogP contribution < -0.4 is 9.64 Å². The lowest BCUT2D eigenvalue weighted by Gasteiger charge is -2.31. The maximum absolute atomic E-state index is 11.6. The van der Waals surface area contributed by atoms with Gasteiger partial charge in [-0.3, -0.25) is 0 Å². The summed E-state index contributed by atoms with van der Waals surface area (Å²) in [7, 11) is 3.64. The van der Waals surface area contributed by atoms with E-state index in [4.69, 9.17) is 4.74 Å². The minimum Gasteiger partial charge on any atom is -0.497 e. The molecule has 0 saturated carbocycles. The Morgan fingerprint density at radius 3 is 2.24 bits per heavy atom. The zero-order valence-electron chi connectivity index (χ0n) is 12.7. The fourth-order valence-corrected chi connectivity index (χ4v) is 2.44. The van der Waals surface area contributed by atoms with Gasteiger partial charge >= 0.3 is 0 Å². The Morgan fingerprint density at radius 2 is 1.71 bits per heavy atom. The molecule has 0 N–H and O–H groups in total. The molecular formula is C18H21NO2. The lowest BCUT2D eigenvalue weighted by atomic mass is 9.83. The fraction of sp³-hybridized carbons (Fsp3) is 0.278. The quantitative estimate of drug-likeness (QED) is 0.762. The zero-order chi connectivity index (χ0) is 15.3. The van der Waals surface area contributed by atoms with E-state index in [9.17, 15) is 4.79 Å². The average Bonchev–Trinajstić information content (AvgIpc) is 2.55. The van der Waals surface area contributed by atoms with Crippen LogP contribution in [0.4, 0.5) is 5.69 Å². The molecule has 0 amide bonds. The standard InChI is InChI=1S/C18H21NO2/c1-18(14-20,15-7-5-4-6-8-15)13-19(2)16-9-11-17(21-3)12-10-16/h4-12,14H,13H2,1-3H3. The van der Waals surface area contributed by atoms with Crippen molar-refractivity contribution in [3.8, 4) is 5.75 Å². The molecule has 110 valence electrons. The third-order valence-electron chi connectivity index (χ3n) is 3.77. The van der Waals surface area contributed by atoms with Crippen molar-refractivity contribution in [2.75, 3.05) is 25.6 Å². The minimum absolute atomic E-state index is 0.532. The minimum atomic E-state index is -0.532. The summed E-state index contributed by atoms with van der Waals surface area (Å²) in [5.74, 6) is 0.827. The molecule has 0 radical (unpaired) electrons. The summed E-state index contributed by atoms with van der Waals surface area (Å²) in [5.41, 5.74) is 1.55. The molecule has 0 aliphatic carbocycles. The fourth-order valence-electron chi connectivity index (χ4n) is 2.44. The Labute approximate surface area is 126 Å². The van der Waals surface area contributed by atoms with Gasteiger partial charge in [-0.2, -0.15) is 0 Å². The van der Waals surface area contributed by atoms with E-state index in [-0.39, 0.29) is 0 Å². The molecule has 21 heavy (non-hydrogen) atoms. The van der Waals surface area contributed by atoms with Crippen molar-refractivity contribution in [1.82, 2.24) is 0 Å². The topological polar surface area (TPSA) is 29.5 Å². The first kappa shape index (κ1) is 15.1. The van der Waals surface area contributed by atoms with Crippen LogP contribution >= 0.6 is 0 Å². The maximum Gasteiger partial charge on any atom is 0.132 e. The second-order valence-electron chi connectivity index (χ2n) is 5.46. The van der Waals surface area contributed by atoms with Crippen LogP contribution in [0, 0.1) is 0 Å². The first-order valence-corrected chi connectivity index (χ1v) is 6.96.